The van der Waals surface area contributed by atoms with E-state index in [0.717, 1.165) is 31.6 Å². The molecule has 1 saturated carbocycles. The van der Waals surface area contributed by atoms with E-state index in [2.05, 4.69) is 29.3 Å². The third kappa shape index (κ3) is 3.14. The molecule has 3 rings (SSSR count). The van der Waals surface area contributed by atoms with Crippen molar-refractivity contribution in [2.24, 2.45) is 5.92 Å². The van der Waals surface area contributed by atoms with E-state index >= 15 is 0 Å². The number of urea groups is 1. The van der Waals surface area contributed by atoms with Crippen molar-refractivity contribution in [2.75, 3.05) is 33.4 Å². The van der Waals surface area contributed by atoms with Gasteiger partial charge in [-0.25, -0.2) is 4.79 Å². The summed E-state index contributed by atoms with van der Waals surface area (Å²) in [7, 11) is 1.67. The number of rotatable bonds is 6. The molecular weight excluding hydrogens is 308 g/mol. The molecule has 7 nitrogen and oxygen atoms in total. The van der Waals surface area contributed by atoms with E-state index in [4.69, 9.17) is 9.26 Å². The highest BCUT2D eigenvalue weighted by atomic mass is 16.5. The number of carbonyl (C=O) groups is 1. The monoisotopic (exact) mass is 336 g/mol. The molecule has 1 aromatic rings. The SMILES string of the molecule is COCCCNC(=O)N1C[C@H]2CCC[C@@]2(c2noc(C(C)C)n2)C1. The molecule has 2 atom stereocenters. The van der Waals surface area contributed by atoms with Gasteiger partial charge in [0.25, 0.3) is 0 Å². The van der Waals surface area contributed by atoms with Gasteiger partial charge in [0.1, 0.15) is 0 Å². The number of methoxy groups -OCH3 is 1. The molecule has 24 heavy (non-hydrogen) atoms. The quantitative estimate of drug-likeness (QED) is 0.806. The fourth-order valence-electron chi connectivity index (χ4n) is 4.01. The zero-order valence-electron chi connectivity index (χ0n) is 14.9. The van der Waals surface area contributed by atoms with Crippen LogP contribution in [0.15, 0.2) is 4.52 Å². The molecular formula is C17H28N4O3. The second-order valence-corrected chi connectivity index (χ2v) is 7.32. The summed E-state index contributed by atoms with van der Waals surface area (Å²) < 4.78 is 10.4. The highest BCUT2D eigenvalue weighted by Gasteiger charge is 2.54. The Hall–Kier alpha value is -1.63. The van der Waals surface area contributed by atoms with E-state index in [1.807, 2.05) is 4.90 Å². The van der Waals surface area contributed by atoms with Gasteiger partial charge in [0, 0.05) is 39.3 Å². The van der Waals surface area contributed by atoms with Crippen LogP contribution in [0.3, 0.4) is 0 Å². The first kappa shape index (κ1) is 17.2. The van der Waals surface area contributed by atoms with Gasteiger partial charge in [0.15, 0.2) is 5.82 Å². The summed E-state index contributed by atoms with van der Waals surface area (Å²) in [6.45, 7) is 6.87. The fraction of sp³-hybridized carbons (Fsp3) is 0.824. The summed E-state index contributed by atoms with van der Waals surface area (Å²) in [5.74, 6) is 2.14. The molecule has 0 radical (unpaired) electrons. The van der Waals surface area contributed by atoms with Gasteiger partial charge in [-0.2, -0.15) is 4.98 Å². The molecule has 1 aliphatic heterocycles. The van der Waals surface area contributed by atoms with Crippen LogP contribution in [-0.2, 0) is 10.2 Å². The van der Waals surface area contributed by atoms with Gasteiger partial charge in [-0.05, 0) is 25.2 Å². The Balaban J connectivity index is 1.68. The van der Waals surface area contributed by atoms with Crippen molar-refractivity contribution >= 4 is 6.03 Å². The summed E-state index contributed by atoms with van der Waals surface area (Å²) in [6.07, 6.45) is 4.15. The van der Waals surface area contributed by atoms with Gasteiger partial charge in [-0.3, -0.25) is 0 Å². The topological polar surface area (TPSA) is 80.5 Å². The van der Waals surface area contributed by atoms with E-state index in [1.165, 1.54) is 6.42 Å². The molecule has 1 aliphatic carbocycles. The minimum atomic E-state index is -0.124. The van der Waals surface area contributed by atoms with Gasteiger partial charge in [0.2, 0.25) is 5.89 Å². The molecule has 0 spiro atoms. The fourth-order valence-corrected chi connectivity index (χ4v) is 4.01. The van der Waals surface area contributed by atoms with E-state index in [-0.39, 0.29) is 17.4 Å². The van der Waals surface area contributed by atoms with Crippen LogP contribution in [0.4, 0.5) is 4.79 Å². The zero-order chi connectivity index (χ0) is 17.2. The van der Waals surface area contributed by atoms with Crippen molar-refractivity contribution in [3.05, 3.63) is 11.7 Å². The van der Waals surface area contributed by atoms with E-state index in [9.17, 15) is 4.79 Å². The van der Waals surface area contributed by atoms with Crippen molar-refractivity contribution in [1.29, 1.82) is 0 Å². The maximum atomic E-state index is 12.4. The molecule has 2 heterocycles. The zero-order valence-corrected chi connectivity index (χ0v) is 14.9. The number of fused-ring (bicyclic) bond motifs is 1. The van der Waals surface area contributed by atoms with E-state index in [0.29, 0.717) is 31.5 Å². The highest BCUT2D eigenvalue weighted by molar-refractivity contribution is 5.74. The van der Waals surface area contributed by atoms with Crippen molar-refractivity contribution in [2.45, 2.75) is 50.9 Å². The van der Waals surface area contributed by atoms with Crippen molar-refractivity contribution in [3.8, 4) is 0 Å². The van der Waals surface area contributed by atoms with Crippen molar-refractivity contribution in [1.82, 2.24) is 20.4 Å². The number of aromatic nitrogens is 2. The summed E-state index contributed by atoms with van der Waals surface area (Å²) in [5.41, 5.74) is -0.124. The summed E-state index contributed by atoms with van der Waals surface area (Å²) >= 11 is 0. The van der Waals surface area contributed by atoms with Crippen LogP contribution < -0.4 is 5.32 Å². The Morgan fingerprint density at radius 1 is 1.54 bits per heavy atom. The molecule has 2 fully saturated rings. The third-order valence-electron chi connectivity index (χ3n) is 5.34. The number of likely N-dealkylation sites (tertiary alicyclic amines) is 1. The first-order chi connectivity index (χ1) is 11.6. The van der Waals surface area contributed by atoms with E-state index in [1.54, 1.807) is 7.11 Å². The second kappa shape index (κ2) is 7.09. The first-order valence-corrected chi connectivity index (χ1v) is 8.92. The highest BCUT2D eigenvalue weighted by Crippen LogP contribution is 2.49. The predicted molar refractivity (Wildman–Crippen MR) is 88.9 cm³/mol. The lowest BCUT2D eigenvalue weighted by Crippen LogP contribution is -2.41. The molecule has 0 aromatic carbocycles. The summed E-state index contributed by atoms with van der Waals surface area (Å²) in [6, 6.07) is 0.00690. The number of nitrogens with zero attached hydrogens (tertiary/aromatic N) is 3. The molecule has 2 amide bonds. The Morgan fingerprint density at radius 3 is 3.08 bits per heavy atom. The Kier molecular flexibility index (Phi) is 5.08. The van der Waals surface area contributed by atoms with E-state index < -0.39 is 0 Å². The molecule has 1 N–H and O–H groups in total. The predicted octanol–water partition coefficient (Wildman–Crippen LogP) is 2.29. The number of nitrogens with one attached hydrogen (secondary N) is 1. The number of hydrogen-bond acceptors (Lipinski definition) is 5. The maximum absolute atomic E-state index is 12.4. The third-order valence-corrected chi connectivity index (χ3v) is 5.34. The number of ether oxygens (including phenoxy) is 1. The summed E-state index contributed by atoms with van der Waals surface area (Å²) in [5, 5.41) is 7.26. The standard InChI is InChI=1S/C17H28N4O3/c1-12(2)14-19-15(20-24-14)17-7-4-6-13(17)10-21(11-17)16(22)18-8-5-9-23-3/h12-13H,4-11H2,1-3H3,(H,18,22)/t13-,17-/m1/s1. The van der Waals surface area contributed by atoms with Crippen molar-refractivity contribution < 1.29 is 14.1 Å². The van der Waals surface area contributed by atoms with Crippen LogP contribution in [0.5, 0.6) is 0 Å². The molecule has 2 aliphatic rings. The maximum Gasteiger partial charge on any atom is 0.317 e. The van der Waals surface area contributed by atoms with Gasteiger partial charge in [0.05, 0.1) is 5.41 Å². The Morgan fingerprint density at radius 2 is 2.38 bits per heavy atom. The number of carbonyl (C=O) groups excluding carboxylic acids is 1. The molecule has 1 aromatic heterocycles. The lowest BCUT2D eigenvalue weighted by atomic mass is 9.80. The smallest absolute Gasteiger partial charge is 0.317 e. The number of amides is 2. The minimum absolute atomic E-state index is 0.00690. The lowest BCUT2D eigenvalue weighted by Gasteiger charge is -2.24. The van der Waals surface area contributed by atoms with Crippen molar-refractivity contribution in [3.63, 3.8) is 0 Å². The van der Waals surface area contributed by atoms with Crippen LogP contribution in [0, 0.1) is 5.92 Å². The molecule has 1 saturated heterocycles. The molecule has 0 bridgehead atoms. The van der Waals surface area contributed by atoms with Crippen LogP contribution in [-0.4, -0.2) is 54.4 Å². The second-order valence-electron chi connectivity index (χ2n) is 7.32. The largest absolute Gasteiger partial charge is 0.385 e. The van der Waals surface area contributed by atoms with Crippen LogP contribution in [0.25, 0.3) is 0 Å². The summed E-state index contributed by atoms with van der Waals surface area (Å²) in [4.78, 5) is 19.0. The molecule has 0 unspecified atom stereocenters. The van der Waals surface area contributed by atoms with Gasteiger partial charge in [-0.1, -0.05) is 25.4 Å². The normalized spacial score (nSPS) is 26.2. The van der Waals surface area contributed by atoms with Crippen LogP contribution in [0.1, 0.15) is 57.2 Å². The average Bonchev–Trinajstić information content (AvgIpc) is 3.23. The van der Waals surface area contributed by atoms with Gasteiger partial charge >= 0.3 is 6.03 Å². The molecule has 7 heteroatoms. The number of hydrogen-bond donors (Lipinski definition) is 1. The average molecular weight is 336 g/mol. The molecule has 134 valence electrons. The Bertz CT molecular complexity index is 574. The van der Waals surface area contributed by atoms with Gasteiger partial charge in [-0.15, -0.1) is 0 Å². The van der Waals surface area contributed by atoms with Gasteiger partial charge < -0.3 is 19.5 Å². The minimum Gasteiger partial charge on any atom is -0.385 e. The van der Waals surface area contributed by atoms with Crippen LogP contribution >= 0.6 is 0 Å². The van der Waals surface area contributed by atoms with Crippen LogP contribution in [0.2, 0.25) is 0 Å². The lowest BCUT2D eigenvalue weighted by molar-refractivity contribution is 0.187. The first-order valence-electron chi connectivity index (χ1n) is 8.92. The Labute approximate surface area is 143 Å².